The van der Waals surface area contributed by atoms with Crippen LogP contribution in [0.5, 0.6) is 5.75 Å². The van der Waals surface area contributed by atoms with Crippen molar-refractivity contribution in [1.29, 1.82) is 0 Å². The summed E-state index contributed by atoms with van der Waals surface area (Å²) >= 11 is 0. The van der Waals surface area contributed by atoms with Crippen molar-refractivity contribution in [1.82, 2.24) is 15.1 Å². The molecule has 0 radical (unpaired) electrons. The Morgan fingerprint density at radius 2 is 1.72 bits per heavy atom. The van der Waals surface area contributed by atoms with E-state index in [1.165, 1.54) is 17.7 Å². The van der Waals surface area contributed by atoms with Gasteiger partial charge in [0, 0.05) is 44.4 Å². The second kappa shape index (κ2) is 9.80. The Kier molecular flexibility index (Phi) is 7.17. The second-order valence-corrected chi connectivity index (χ2v) is 7.36. The maximum atomic E-state index is 13.9. The summed E-state index contributed by atoms with van der Waals surface area (Å²) in [5.41, 5.74) is 1.51. The van der Waals surface area contributed by atoms with Crippen molar-refractivity contribution in [2.24, 2.45) is 0 Å². The summed E-state index contributed by atoms with van der Waals surface area (Å²) in [5.74, 6) is -0.591. The van der Waals surface area contributed by atoms with Crippen LogP contribution in [0.2, 0.25) is 0 Å². The maximum absolute atomic E-state index is 13.9. The number of carbonyl (C=O) groups excluding carboxylic acids is 1. The minimum atomic E-state index is -0.648. The average Bonchev–Trinajstić information content (AvgIpc) is 2.70. The third kappa shape index (κ3) is 5.98. The van der Waals surface area contributed by atoms with E-state index in [-0.39, 0.29) is 18.0 Å². The molecule has 156 valence electrons. The van der Waals surface area contributed by atoms with Crippen LogP contribution < -0.4 is 10.1 Å². The number of hydrogen-bond acceptors (Lipinski definition) is 4. The smallest absolute Gasteiger partial charge is 0.234 e. The quantitative estimate of drug-likeness (QED) is 0.772. The van der Waals surface area contributed by atoms with Gasteiger partial charge in [0.2, 0.25) is 5.91 Å². The van der Waals surface area contributed by atoms with Gasteiger partial charge in [0.05, 0.1) is 19.7 Å². The zero-order chi connectivity index (χ0) is 20.8. The van der Waals surface area contributed by atoms with Gasteiger partial charge in [-0.1, -0.05) is 18.2 Å². The monoisotopic (exact) mass is 403 g/mol. The third-order valence-corrected chi connectivity index (χ3v) is 5.20. The molecule has 29 heavy (non-hydrogen) atoms. The van der Waals surface area contributed by atoms with Gasteiger partial charge in [-0.3, -0.25) is 14.6 Å². The molecule has 5 nitrogen and oxygen atoms in total. The Morgan fingerprint density at radius 3 is 2.34 bits per heavy atom. The van der Waals surface area contributed by atoms with Crippen molar-refractivity contribution >= 4 is 5.91 Å². The highest BCUT2D eigenvalue weighted by Gasteiger charge is 2.21. The lowest BCUT2D eigenvalue weighted by Crippen LogP contribution is -2.49. The molecule has 1 aliphatic heterocycles. The molecule has 1 heterocycles. The summed E-state index contributed by atoms with van der Waals surface area (Å²) in [5, 5.41) is 2.80. The van der Waals surface area contributed by atoms with Gasteiger partial charge in [-0.2, -0.15) is 0 Å². The lowest BCUT2D eigenvalue weighted by atomic mass is 10.1. The van der Waals surface area contributed by atoms with E-state index >= 15 is 0 Å². The first-order valence-electron chi connectivity index (χ1n) is 9.76. The second-order valence-electron chi connectivity index (χ2n) is 7.36. The van der Waals surface area contributed by atoms with Gasteiger partial charge in [0.15, 0.2) is 0 Å². The molecule has 2 aromatic carbocycles. The summed E-state index contributed by atoms with van der Waals surface area (Å²) in [6.07, 6.45) is 0. The number of rotatable bonds is 7. The molecule has 1 amide bonds. The Bertz CT molecular complexity index is 821. The number of hydrogen-bond donors (Lipinski definition) is 1. The van der Waals surface area contributed by atoms with E-state index < -0.39 is 17.7 Å². The van der Waals surface area contributed by atoms with Crippen molar-refractivity contribution in [2.45, 2.75) is 19.5 Å². The third-order valence-electron chi connectivity index (χ3n) is 5.20. The van der Waals surface area contributed by atoms with E-state index in [0.29, 0.717) is 0 Å². The molecule has 1 N–H and O–H groups in total. The number of amides is 1. The first-order chi connectivity index (χ1) is 13.9. The number of halogens is 2. The fraction of sp³-hybridized carbons (Fsp3) is 0.409. The van der Waals surface area contributed by atoms with Gasteiger partial charge in [-0.05, 0) is 30.7 Å². The molecule has 0 spiro atoms. The average molecular weight is 403 g/mol. The van der Waals surface area contributed by atoms with Gasteiger partial charge in [0.25, 0.3) is 0 Å². The lowest BCUT2D eigenvalue weighted by molar-refractivity contribution is -0.123. The molecule has 1 atom stereocenters. The maximum Gasteiger partial charge on any atom is 0.234 e. The Morgan fingerprint density at radius 1 is 1.07 bits per heavy atom. The molecular weight excluding hydrogens is 376 g/mol. The van der Waals surface area contributed by atoms with Gasteiger partial charge in [0.1, 0.15) is 17.4 Å². The van der Waals surface area contributed by atoms with Crippen LogP contribution in [0.4, 0.5) is 8.78 Å². The van der Waals surface area contributed by atoms with Gasteiger partial charge in [-0.15, -0.1) is 0 Å². The van der Waals surface area contributed by atoms with Crippen LogP contribution >= 0.6 is 0 Å². The number of methoxy groups -OCH3 is 1. The molecule has 0 aliphatic carbocycles. The molecule has 0 saturated carbocycles. The standard InChI is InChI=1S/C22H27F2N3O2/c1-16(20-8-5-18(23)13-21(20)24)25-22(28)15-27-11-9-26(10-12-27)14-17-3-6-19(29-2)7-4-17/h3-8,13,16H,9-12,14-15H2,1-2H3,(H,25,28)/t16-/m1/s1. The van der Waals surface area contributed by atoms with Crippen LogP contribution in [0.1, 0.15) is 24.1 Å². The Hall–Kier alpha value is -2.51. The first-order valence-corrected chi connectivity index (χ1v) is 9.76. The highest BCUT2D eigenvalue weighted by Crippen LogP contribution is 2.18. The van der Waals surface area contributed by atoms with Crippen LogP contribution in [0.3, 0.4) is 0 Å². The fourth-order valence-corrected chi connectivity index (χ4v) is 3.52. The molecule has 2 aromatic rings. The van der Waals surface area contributed by atoms with E-state index in [1.54, 1.807) is 14.0 Å². The van der Waals surface area contributed by atoms with Crippen molar-refractivity contribution in [3.63, 3.8) is 0 Å². The Balaban J connectivity index is 1.43. The van der Waals surface area contributed by atoms with Gasteiger partial charge >= 0.3 is 0 Å². The summed E-state index contributed by atoms with van der Waals surface area (Å²) in [4.78, 5) is 16.8. The topological polar surface area (TPSA) is 44.8 Å². The number of benzene rings is 2. The molecular formula is C22H27F2N3O2. The van der Waals surface area contributed by atoms with Crippen molar-refractivity contribution < 1.29 is 18.3 Å². The normalized spacial score (nSPS) is 16.4. The number of carbonyl (C=O) groups is 1. The van der Waals surface area contributed by atoms with Crippen molar-refractivity contribution in [3.05, 3.63) is 65.2 Å². The summed E-state index contributed by atoms with van der Waals surface area (Å²) in [6, 6.07) is 10.9. The number of nitrogens with zero attached hydrogens (tertiary/aromatic N) is 2. The molecule has 3 rings (SSSR count). The van der Waals surface area contributed by atoms with E-state index in [0.717, 1.165) is 44.5 Å². The van der Waals surface area contributed by atoms with Crippen LogP contribution in [-0.4, -0.2) is 55.5 Å². The molecule has 0 bridgehead atoms. The van der Waals surface area contributed by atoms with E-state index in [9.17, 15) is 13.6 Å². The zero-order valence-corrected chi connectivity index (χ0v) is 16.8. The van der Waals surface area contributed by atoms with E-state index in [4.69, 9.17) is 4.74 Å². The predicted octanol–water partition coefficient (Wildman–Crippen LogP) is 2.97. The summed E-state index contributed by atoms with van der Waals surface area (Å²) < 4.78 is 32.1. The van der Waals surface area contributed by atoms with Crippen LogP contribution in [-0.2, 0) is 11.3 Å². The highest BCUT2D eigenvalue weighted by atomic mass is 19.1. The minimum Gasteiger partial charge on any atom is -0.497 e. The Labute approximate surface area is 170 Å². The summed E-state index contributed by atoms with van der Waals surface area (Å²) in [6.45, 7) is 6.17. The van der Waals surface area contributed by atoms with E-state index in [1.807, 2.05) is 12.1 Å². The van der Waals surface area contributed by atoms with Gasteiger partial charge in [-0.25, -0.2) is 8.78 Å². The van der Waals surface area contributed by atoms with E-state index in [2.05, 4.69) is 27.2 Å². The number of ether oxygens (including phenoxy) is 1. The summed E-state index contributed by atoms with van der Waals surface area (Å²) in [7, 11) is 1.65. The van der Waals surface area contributed by atoms with Crippen molar-refractivity contribution in [3.8, 4) is 5.75 Å². The number of nitrogens with one attached hydrogen (secondary N) is 1. The molecule has 1 aliphatic rings. The zero-order valence-electron chi connectivity index (χ0n) is 16.8. The predicted molar refractivity (Wildman–Crippen MR) is 108 cm³/mol. The lowest BCUT2D eigenvalue weighted by Gasteiger charge is -2.34. The molecule has 0 aromatic heterocycles. The number of piperazine rings is 1. The molecule has 7 heteroatoms. The van der Waals surface area contributed by atoms with Crippen molar-refractivity contribution in [2.75, 3.05) is 39.8 Å². The fourth-order valence-electron chi connectivity index (χ4n) is 3.52. The van der Waals surface area contributed by atoms with Crippen LogP contribution in [0.25, 0.3) is 0 Å². The molecule has 1 saturated heterocycles. The van der Waals surface area contributed by atoms with Crippen LogP contribution in [0, 0.1) is 11.6 Å². The molecule has 0 unspecified atom stereocenters. The molecule has 1 fully saturated rings. The van der Waals surface area contributed by atoms with Crippen LogP contribution in [0.15, 0.2) is 42.5 Å². The largest absolute Gasteiger partial charge is 0.497 e. The van der Waals surface area contributed by atoms with Gasteiger partial charge < -0.3 is 10.1 Å². The highest BCUT2D eigenvalue weighted by molar-refractivity contribution is 5.78. The SMILES string of the molecule is COc1ccc(CN2CCN(CC(=O)N[C@H](C)c3ccc(F)cc3F)CC2)cc1. The minimum absolute atomic E-state index is 0.162. The first kappa shape index (κ1) is 21.2.